The first-order valence-electron chi connectivity index (χ1n) is 9.63. The molecule has 0 fully saturated rings. The second kappa shape index (κ2) is 9.82. The Labute approximate surface area is 184 Å². The van der Waals surface area contributed by atoms with E-state index >= 15 is 0 Å². The minimum absolute atomic E-state index is 0.159. The van der Waals surface area contributed by atoms with Gasteiger partial charge in [-0.3, -0.25) is 14.3 Å². The molecule has 0 saturated heterocycles. The van der Waals surface area contributed by atoms with Crippen molar-refractivity contribution in [1.29, 1.82) is 0 Å². The first-order chi connectivity index (χ1) is 15.2. The lowest BCUT2D eigenvalue weighted by Gasteiger charge is -2.10. The molecule has 0 aliphatic carbocycles. The van der Waals surface area contributed by atoms with Crippen LogP contribution in [0.3, 0.4) is 0 Å². The number of nitrogens with zero attached hydrogens (tertiary/aromatic N) is 5. The molecule has 31 heavy (non-hydrogen) atoms. The third-order valence-corrected chi connectivity index (χ3v) is 5.33. The number of pyridine rings is 1. The number of rotatable bonds is 7. The Morgan fingerprint density at radius 3 is 2.52 bits per heavy atom. The predicted molar refractivity (Wildman–Crippen MR) is 122 cm³/mol. The normalized spacial score (nSPS) is 11.0. The summed E-state index contributed by atoms with van der Waals surface area (Å²) in [6, 6.07) is 21.6. The highest BCUT2D eigenvalue weighted by molar-refractivity contribution is 7.99. The molecular weight excluding hydrogens is 408 g/mol. The van der Waals surface area contributed by atoms with E-state index in [9.17, 15) is 4.79 Å². The fourth-order valence-electron chi connectivity index (χ4n) is 2.85. The van der Waals surface area contributed by atoms with Crippen LogP contribution in [0.1, 0.15) is 11.1 Å². The average molecular weight is 429 g/mol. The molecule has 4 rings (SSSR count). The van der Waals surface area contributed by atoms with Crippen molar-refractivity contribution in [3.63, 3.8) is 0 Å². The second-order valence-electron chi connectivity index (χ2n) is 6.71. The van der Waals surface area contributed by atoms with E-state index in [0.717, 1.165) is 22.6 Å². The number of aromatic nitrogens is 4. The van der Waals surface area contributed by atoms with Gasteiger partial charge >= 0.3 is 0 Å². The van der Waals surface area contributed by atoms with Gasteiger partial charge in [-0.05, 0) is 36.8 Å². The summed E-state index contributed by atoms with van der Waals surface area (Å²) in [4.78, 5) is 16.2. The molecule has 0 radical (unpaired) electrons. The van der Waals surface area contributed by atoms with Crippen molar-refractivity contribution in [1.82, 2.24) is 25.2 Å². The van der Waals surface area contributed by atoms with Crippen LogP contribution in [0, 0.1) is 6.92 Å². The number of thioether (sulfide) groups is 1. The number of hydrogen-bond acceptors (Lipinski definition) is 6. The van der Waals surface area contributed by atoms with Crippen LogP contribution in [0.5, 0.6) is 0 Å². The number of aryl methyl sites for hydroxylation is 1. The molecule has 7 nitrogen and oxygen atoms in total. The largest absolute Gasteiger partial charge is 0.272 e. The number of benzene rings is 2. The van der Waals surface area contributed by atoms with Gasteiger partial charge in [0.05, 0.1) is 12.0 Å². The van der Waals surface area contributed by atoms with Crippen LogP contribution in [0.4, 0.5) is 0 Å². The van der Waals surface area contributed by atoms with E-state index in [0.29, 0.717) is 5.16 Å². The van der Waals surface area contributed by atoms with E-state index in [1.54, 1.807) is 30.7 Å². The number of nitrogens with one attached hydrogen (secondary N) is 1. The smallest absolute Gasteiger partial charge is 0.250 e. The minimum Gasteiger partial charge on any atom is -0.272 e. The third-order valence-electron chi connectivity index (χ3n) is 4.40. The molecule has 2 aromatic carbocycles. The molecule has 0 bridgehead atoms. The van der Waals surface area contributed by atoms with E-state index in [4.69, 9.17) is 0 Å². The van der Waals surface area contributed by atoms with Gasteiger partial charge in [-0.25, -0.2) is 5.43 Å². The Morgan fingerprint density at radius 1 is 1.03 bits per heavy atom. The summed E-state index contributed by atoms with van der Waals surface area (Å²) in [6.45, 7) is 2.04. The SMILES string of the molecule is Cc1ccc(-n2c(SCC(=O)NN=Cc3ccncc3)nnc2-c2ccccc2)cc1. The van der Waals surface area contributed by atoms with Crippen LogP contribution in [0.2, 0.25) is 0 Å². The van der Waals surface area contributed by atoms with Crippen molar-refractivity contribution < 1.29 is 4.79 Å². The van der Waals surface area contributed by atoms with Crippen molar-refractivity contribution in [2.24, 2.45) is 5.10 Å². The van der Waals surface area contributed by atoms with E-state index in [2.05, 4.69) is 25.7 Å². The second-order valence-corrected chi connectivity index (χ2v) is 7.65. The van der Waals surface area contributed by atoms with E-state index in [1.807, 2.05) is 66.1 Å². The van der Waals surface area contributed by atoms with Crippen LogP contribution in [0.25, 0.3) is 17.1 Å². The lowest BCUT2D eigenvalue weighted by atomic mass is 10.2. The predicted octanol–water partition coefficient (Wildman–Crippen LogP) is 3.88. The van der Waals surface area contributed by atoms with Crippen molar-refractivity contribution >= 4 is 23.9 Å². The molecule has 0 saturated carbocycles. The zero-order valence-electron chi connectivity index (χ0n) is 16.8. The maximum absolute atomic E-state index is 12.3. The molecule has 4 aromatic rings. The molecule has 8 heteroatoms. The Bertz CT molecular complexity index is 1170. The summed E-state index contributed by atoms with van der Waals surface area (Å²) < 4.78 is 1.97. The summed E-state index contributed by atoms with van der Waals surface area (Å²) in [5.74, 6) is 0.657. The van der Waals surface area contributed by atoms with Crippen molar-refractivity contribution in [2.75, 3.05) is 5.75 Å². The number of carbonyl (C=O) groups is 1. The maximum atomic E-state index is 12.3. The monoisotopic (exact) mass is 428 g/mol. The standard InChI is InChI=1S/C23H20N6OS/c1-17-7-9-20(10-8-17)29-22(19-5-3-2-4-6-19)27-28-23(29)31-16-21(30)26-25-15-18-11-13-24-14-12-18/h2-15H,16H2,1H3,(H,26,30). The van der Waals surface area contributed by atoms with Gasteiger partial charge in [0.25, 0.3) is 5.91 Å². The van der Waals surface area contributed by atoms with Gasteiger partial charge in [-0.15, -0.1) is 10.2 Å². The first-order valence-corrected chi connectivity index (χ1v) is 10.6. The molecular formula is C23H20N6OS. The van der Waals surface area contributed by atoms with E-state index in [1.165, 1.54) is 17.3 Å². The highest BCUT2D eigenvalue weighted by Gasteiger charge is 2.17. The summed E-state index contributed by atoms with van der Waals surface area (Å²) in [7, 11) is 0. The average Bonchev–Trinajstić information content (AvgIpc) is 3.23. The molecule has 0 spiro atoms. The summed E-state index contributed by atoms with van der Waals surface area (Å²) >= 11 is 1.31. The number of hydrogen-bond donors (Lipinski definition) is 1. The lowest BCUT2D eigenvalue weighted by molar-refractivity contribution is -0.118. The topological polar surface area (TPSA) is 85.1 Å². The third kappa shape index (κ3) is 5.23. The maximum Gasteiger partial charge on any atom is 0.250 e. The van der Waals surface area contributed by atoms with Gasteiger partial charge < -0.3 is 0 Å². The fraction of sp³-hybridized carbons (Fsp3) is 0.0870. The highest BCUT2D eigenvalue weighted by Crippen LogP contribution is 2.28. The minimum atomic E-state index is -0.227. The van der Waals surface area contributed by atoms with Gasteiger partial charge in [0.1, 0.15) is 0 Å². The number of hydrazone groups is 1. The summed E-state index contributed by atoms with van der Waals surface area (Å²) in [6.07, 6.45) is 4.91. The Kier molecular flexibility index (Phi) is 6.49. The molecule has 154 valence electrons. The van der Waals surface area contributed by atoms with E-state index in [-0.39, 0.29) is 11.7 Å². The van der Waals surface area contributed by atoms with Crippen LogP contribution >= 0.6 is 11.8 Å². The van der Waals surface area contributed by atoms with Crippen LogP contribution in [-0.2, 0) is 4.79 Å². The van der Waals surface area contributed by atoms with Gasteiger partial charge in [0.15, 0.2) is 11.0 Å². The van der Waals surface area contributed by atoms with Gasteiger partial charge in [0.2, 0.25) is 0 Å². The Hall–Kier alpha value is -3.78. The molecule has 1 amide bonds. The van der Waals surface area contributed by atoms with Gasteiger partial charge in [0, 0.05) is 23.6 Å². The molecule has 0 unspecified atom stereocenters. The van der Waals surface area contributed by atoms with Gasteiger partial charge in [-0.1, -0.05) is 59.8 Å². The lowest BCUT2D eigenvalue weighted by Crippen LogP contribution is -2.20. The van der Waals surface area contributed by atoms with Gasteiger partial charge in [-0.2, -0.15) is 5.10 Å². The van der Waals surface area contributed by atoms with E-state index < -0.39 is 0 Å². The molecule has 2 aromatic heterocycles. The van der Waals surface area contributed by atoms with Crippen molar-refractivity contribution in [3.05, 3.63) is 90.3 Å². The highest BCUT2D eigenvalue weighted by atomic mass is 32.2. The Morgan fingerprint density at radius 2 is 1.77 bits per heavy atom. The number of amides is 1. The number of carbonyl (C=O) groups excluding carboxylic acids is 1. The first kappa shape index (κ1) is 20.5. The quantitative estimate of drug-likeness (QED) is 0.274. The molecule has 0 atom stereocenters. The fourth-order valence-corrected chi connectivity index (χ4v) is 3.60. The van der Waals surface area contributed by atoms with Crippen molar-refractivity contribution in [2.45, 2.75) is 12.1 Å². The molecule has 1 N–H and O–H groups in total. The van der Waals surface area contributed by atoms with Crippen LogP contribution < -0.4 is 5.43 Å². The van der Waals surface area contributed by atoms with Crippen molar-refractivity contribution in [3.8, 4) is 17.1 Å². The molecule has 0 aliphatic heterocycles. The summed E-state index contributed by atoms with van der Waals surface area (Å²) in [5, 5.41) is 13.4. The molecule has 2 heterocycles. The zero-order valence-corrected chi connectivity index (χ0v) is 17.7. The van der Waals surface area contributed by atoms with Crippen LogP contribution in [-0.4, -0.2) is 37.6 Å². The summed E-state index contributed by atoms with van der Waals surface area (Å²) in [5.41, 5.74) is 6.45. The Balaban J connectivity index is 1.51. The zero-order chi connectivity index (χ0) is 21.5. The molecule has 0 aliphatic rings. The van der Waals surface area contributed by atoms with Crippen LogP contribution in [0.15, 0.2) is 89.4 Å².